The van der Waals surface area contributed by atoms with Crippen molar-refractivity contribution in [2.75, 3.05) is 0 Å². The van der Waals surface area contributed by atoms with E-state index >= 15 is 0 Å². The molecule has 0 amide bonds. The Morgan fingerprint density at radius 2 is 1.83 bits per heavy atom. The van der Waals surface area contributed by atoms with Crippen LogP contribution in [0.4, 0.5) is 13.2 Å². The number of alkyl halides is 3. The fourth-order valence-corrected chi connectivity index (χ4v) is 5.37. The molecule has 0 N–H and O–H groups in total. The van der Waals surface area contributed by atoms with Gasteiger partial charge in [0.2, 0.25) is 0 Å². The Hall–Kier alpha value is -1.90. The molecule has 1 unspecified atom stereocenters. The van der Waals surface area contributed by atoms with E-state index in [1.165, 1.54) is 19.1 Å². The first kappa shape index (κ1) is 24.4. The van der Waals surface area contributed by atoms with E-state index in [4.69, 9.17) is 0 Å². The number of fused-ring (bicyclic) bond motifs is 1. The summed E-state index contributed by atoms with van der Waals surface area (Å²) in [5.74, 6) is 0.177. The van der Waals surface area contributed by atoms with E-state index in [2.05, 4.69) is 4.98 Å². The number of hydrogen-bond acceptors (Lipinski definition) is 4. The van der Waals surface area contributed by atoms with E-state index in [9.17, 15) is 26.4 Å². The highest BCUT2D eigenvalue weighted by Crippen LogP contribution is 2.31. The Kier molecular flexibility index (Phi) is 7.06. The number of ketones is 1. The maximum Gasteiger partial charge on any atom is 0.389 e. The van der Waals surface area contributed by atoms with Gasteiger partial charge in [-0.3, -0.25) is 4.79 Å². The highest BCUT2D eigenvalue weighted by atomic mass is 32.2. The summed E-state index contributed by atoms with van der Waals surface area (Å²) < 4.78 is 65.5. The van der Waals surface area contributed by atoms with E-state index in [0.717, 1.165) is 0 Å². The molecule has 0 bridgehead atoms. The third-order valence-corrected chi connectivity index (χ3v) is 7.17. The van der Waals surface area contributed by atoms with Crippen molar-refractivity contribution in [1.82, 2.24) is 9.55 Å². The second kappa shape index (κ2) is 8.69. The quantitative estimate of drug-likeness (QED) is 0.558. The van der Waals surface area contributed by atoms with Gasteiger partial charge in [-0.2, -0.15) is 13.2 Å². The number of aryl methyl sites for hydroxylation is 1. The summed E-state index contributed by atoms with van der Waals surface area (Å²) in [7, 11) is -3.88. The van der Waals surface area contributed by atoms with Gasteiger partial charge in [0.1, 0.15) is 16.9 Å². The number of halogens is 3. The van der Waals surface area contributed by atoms with E-state index in [1.54, 1.807) is 10.6 Å². The predicted octanol–water partition coefficient (Wildman–Crippen LogP) is 5.21. The number of aromatic nitrogens is 2. The standard InChI is InChI=1S/C21H29F3N2O3S/c1-6-8-18(14(2)27)30(28,29)15-9-10-17-16(13-15)25-19(20(3,4)5)26(17)12-7-11-21(22,23)24/h9-10,13,18H,6-8,11-12H2,1-5H3. The second-order valence-corrected chi connectivity index (χ2v) is 10.8. The van der Waals surface area contributed by atoms with E-state index in [-0.39, 0.29) is 24.3 Å². The van der Waals surface area contributed by atoms with Gasteiger partial charge in [0, 0.05) is 18.4 Å². The van der Waals surface area contributed by atoms with Crippen LogP contribution in [0.3, 0.4) is 0 Å². The first-order valence-electron chi connectivity index (χ1n) is 10.0. The summed E-state index contributed by atoms with van der Waals surface area (Å²) >= 11 is 0. The molecule has 1 aromatic heterocycles. The van der Waals surface area contributed by atoms with Gasteiger partial charge in [-0.05, 0) is 38.0 Å². The van der Waals surface area contributed by atoms with Gasteiger partial charge in [0.25, 0.3) is 0 Å². The molecule has 0 fully saturated rings. The number of sulfone groups is 1. The molecule has 0 radical (unpaired) electrons. The predicted molar refractivity (Wildman–Crippen MR) is 110 cm³/mol. The average Bonchev–Trinajstić information content (AvgIpc) is 2.96. The Bertz CT molecular complexity index is 1020. The van der Waals surface area contributed by atoms with Crippen molar-refractivity contribution in [1.29, 1.82) is 0 Å². The zero-order valence-electron chi connectivity index (χ0n) is 18.0. The first-order valence-corrected chi connectivity index (χ1v) is 11.5. The zero-order valence-corrected chi connectivity index (χ0v) is 18.8. The third kappa shape index (κ3) is 5.42. The van der Waals surface area contributed by atoms with Gasteiger partial charge in [-0.25, -0.2) is 13.4 Å². The number of carbonyl (C=O) groups excluding carboxylic acids is 1. The monoisotopic (exact) mass is 446 g/mol. The van der Waals surface area contributed by atoms with Crippen LogP contribution in [-0.4, -0.2) is 35.2 Å². The van der Waals surface area contributed by atoms with E-state index in [1.807, 2.05) is 27.7 Å². The van der Waals surface area contributed by atoms with Crippen molar-refractivity contribution in [3.8, 4) is 0 Å². The Morgan fingerprint density at radius 3 is 2.33 bits per heavy atom. The summed E-state index contributed by atoms with van der Waals surface area (Å²) in [6.07, 6.45) is -4.45. The second-order valence-electron chi connectivity index (χ2n) is 8.64. The molecule has 0 spiro atoms. The topological polar surface area (TPSA) is 69.0 Å². The molecule has 2 rings (SSSR count). The number of nitrogens with zero attached hydrogens (tertiary/aromatic N) is 2. The van der Waals surface area contributed by atoms with Crippen molar-refractivity contribution in [2.24, 2.45) is 0 Å². The molecule has 0 saturated carbocycles. The van der Waals surface area contributed by atoms with Crippen LogP contribution in [0.15, 0.2) is 23.1 Å². The summed E-state index contributed by atoms with van der Waals surface area (Å²) in [5, 5.41) is -1.11. The Balaban J connectivity index is 2.54. The molecule has 9 heteroatoms. The van der Waals surface area contributed by atoms with Gasteiger partial charge >= 0.3 is 6.18 Å². The van der Waals surface area contributed by atoms with Crippen molar-refractivity contribution in [2.45, 2.75) is 88.6 Å². The third-order valence-electron chi connectivity index (χ3n) is 4.94. The minimum Gasteiger partial charge on any atom is -0.328 e. The minimum absolute atomic E-state index is 0.00375. The van der Waals surface area contributed by atoms with Crippen LogP contribution in [-0.2, 0) is 26.6 Å². The largest absolute Gasteiger partial charge is 0.389 e. The molecule has 0 saturated heterocycles. The van der Waals surface area contributed by atoms with Crippen LogP contribution in [0, 0.1) is 0 Å². The number of benzene rings is 1. The van der Waals surface area contributed by atoms with Crippen molar-refractivity contribution in [3.63, 3.8) is 0 Å². The van der Waals surface area contributed by atoms with Crippen LogP contribution < -0.4 is 0 Å². The van der Waals surface area contributed by atoms with Gasteiger partial charge in [0.15, 0.2) is 9.84 Å². The Morgan fingerprint density at radius 1 is 1.20 bits per heavy atom. The molecule has 1 atom stereocenters. The summed E-state index contributed by atoms with van der Waals surface area (Å²) in [4.78, 5) is 16.5. The van der Waals surface area contributed by atoms with E-state index < -0.39 is 38.9 Å². The van der Waals surface area contributed by atoms with Gasteiger partial charge in [-0.1, -0.05) is 34.1 Å². The van der Waals surface area contributed by atoms with E-state index in [0.29, 0.717) is 23.3 Å². The lowest BCUT2D eigenvalue weighted by atomic mass is 9.95. The molecule has 1 aromatic carbocycles. The average molecular weight is 447 g/mol. The van der Waals surface area contributed by atoms with Crippen molar-refractivity contribution < 1.29 is 26.4 Å². The van der Waals surface area contributed by atoms with Gasteiger partial charge < -0.3 is 4.57 Å². The lowest BCUT2D eigenvalue weighted by molar-refractivity contribution is -0.135. The molecule has 1 heterocycles. The lowest BCUT2D eigenvalue weighted by Crippen LogP contribution is -2.28. The van der Waals surface area contributed by atoms with Crippen LogP contribution in [0.2, 0.25) is 0 Å². The van der Waals surface area contributed by atoms with Crippen molar-refractivity contribution >= 4 is 26.7 Å². The highest BCUT2D eigenvalue weighted by molar-refractivity contribution is 7.92. The van der Waals surface area contributed by atoms with Crippen LogP contribution in [0.1, 0.15) is 66.1 Å². The number of carbonyl (C=O) groups is 1. The molecular formula is C21H29F3N2O3S. The fourth-order valence-electron chi connectivity index (χ4n) is 3.53. The molecule has 5 nitrogen and oxygen atoms in total. The number of hydrogen-bond donors (Lipinski definition) is 0. The summed E-state index contributed by atoms with van der Waals surface area (Å²) in [6.45, 7) is 8.91. The van der Waals surface area contributed by atoms with Crippen molar-refractivity contribution in [3.05, 3.63) is 24.0 Å². The molecular weight excluding hydrogens is 417 g/mol. The minimum atomic E-state index is -4.24. The molecule has 30 heavy (non-hydrogen) atoms. The molecule has 168 valence electrons. The maximum absolute atomic E-state index is 13.0. The molecule has 2 aromatic rings. The molecule has 0 aliphatic rings. The molecule has 0 aliphatic carbocycles. The maximum atomic E-state index is 13.0. The number of Topliss-reactive ketones (excluding diaryl/α,β-unsaturated/α-hetero) is 1. The lowest BCUT2D eigenvalue weighted by Gasteiger charge is -2.20. The first-order chi connectivity index (χ1) is 13.7. The Labute approximate surface area is 175 Å². The van der Waals surface area contributed by atoms with Crippen LogP contribution >= 0.6 is 0 Å². The number of imidazole rings is 1. The number of rotatable bonds is 8. The summed E-state index contributed by atoms with van der Waals surface area (Å²) in [5.41, 5.74) is 0.531. The fraction of sp³-hybridized carbons (Fsp3) is 0.619. The molecule has 0 aliphatic heterocycles. The SMILES string of the molecule is CCCC(C(C)=O)S(=O)(=O)c1ccc2c(c1)nc(C(C)(C)C)n2CCCC(F)(F)F. The normalized spacial score (nSPS) is 14.3. The van der Waals surface area contributed by atoms with Crippen LogP contribution in [0.5, 0.6) is 0 Å². The van der Waals surface area contributed by atoms with Gasteiger partial charge in [-0.15, -0.1) is 0 Å². The zero-order chi connectivity index (χ0) is 22.9. The van der Waals surface area contributed by atoms with Gasteiger partial charge in [0.05, 0.1) is 15.9 Å². The highest BCUT2D eigenvalue weighted by Gasteiger charge is 2.32. The smallest absolute Gasteiger partial charge is 0.328 e. The summed E-state index contributed by atoms with van der Waals surface area (Å²) in [6, 6.07) is 4.41. The van der Waals surface area contributed by atoms with Crippen LogP contribution in [0.25, 0.3) is 11.0 Å².